The maximum atomic E-state index is 5.29. The molecule has 1 aromatic rings. The fraction of sp³-hybridized carbons (Fsp3) is 0.400. The molecule has 1 aliphatic rings. The minimum atomic E-state index is 0.546. The van der Waals surface area contributed by atoms with Crippen LogP contribution >= 0.6 is 0 Å². The van der Waals surface area contributed by atoms with E-state index in [-0.39, 0.29) is 0 Å². The zero-order valence-corrected chi connectivity index (χ0v) is 10.4. The molecule has 0 unspecified atom stereocenters. The summed E-state index contributed by atoms with van der Waals surface area (Å²) in [6.07, 6.45) is 9.00. The van der Waals surface area contributed by atoms with Gasteiger partial charge in [-0.25, -0.2) is 0 Å². The standard InChI is InChI=1S/C15H19NO/c1-13-7-9-15(10-8-13)12-17-16-11-14-5-3-2-4-6-14/h5,7-11H,2-4,6,12H2,1H3. The van der Waals surface area contributed by atoms with Gasteiger partial charge in [-0.1, -0.05) is 41.1 Å². The van der Waals surface area contributed by atoms with Gasteiger partial charge in [-0.05, 0) is 43.7 Å². The lowest BCUT2D eigenvalue weighted by Crippen LogP contribution is -1.94. The van der Waals surface area contributed by atoms with E-state index in [2.05, 4.69) is 42.4 Å². The summed E-state index contributed by atoms with van der Waals surface area (Å²) in [5.74, 6) is 0. The second-order valence-electron chi connectivity index (χ2n) is 4.52. The van der Waals surface area contributed by atoms with Crippen molar-refractivity contribution in [1.82, 2.24) is 0 Å². The largest absolute Gasteiger partial charge is 0.391 e. The number of nitrogens with zero attached hydrogens (tertiary/aromatic N) is 1. The van der Waals surface area contributed by atoms with E-state index < -0.39 is 0 Å². The highest BCUT2D eigenvalue weighted by molar-refractivity contribution is 5.78. The van der Waals surface area contributed by atoms with E-state index in [0.29, 0.717) is 6.61 Å². The van der Waals surface area contributed by atoms with Crippen LogP contribution < -0.4 is 0 Å². The van der Waals surface area contributed by atoms with Crippen molar-refractivity contribution in [1.29, 1.82) is 0 Å². The maximum Gasteiger partial charge on any atom is 0.142 e. The third-order valence-electron chi connectivity index (χ3n) is 2.97. The molecule has 0 fully saturated rings. The highest BCUT2D eigenvalue weighted by Gasteiger charge is 2.00. The summed E-state index contributed by atoms with van der Waals surface area (Å²) >= 11 is 0. The Morgan fingerprint density at radius 2 is 2.06 bits per heavy atom. The molecule has 0 radical (unpaired) electrons. The molecule has 0 saturated heterocycles. The summed E-state index contributed by atoms with van der Waals surface area (Å²) < 4.78 is 0. The van der Waals surface area contributed by atoms with Crippen molar-refractivity contribution < 1.29 is 4.84 Å². The van der Waals surface area contributed by atoms with Gasteiger partial charge in [0, 0.05) is 0 Å². The topological polar surface area (TPSA) is 21.6 Å². The Labute approximate surface area is 103 Å². The van der Waals surface area contributed by atoms with Crippen LogP contribution in [0.25, 0.3) is 0 Å². The number of rotatable bonds is 4. The molecule has 0 aliphatic heterocycles. The number of aryl methyl sites for hydroxylation is 1. The molecule has 17 heavy (non-hydrogen) atoms. The Morgan fingerprint density at radius 1 is 1.24 bits per heavy atom. The number of allylic oxidation sites excluding steroid dienone is 2. The van der Waals surface area contributed by atoms with Crippen molar-refractivity contribution in [3.63, 3.8) is 0 Å². The van der Waals surface area contributed by atoms with Crippen molar-refractivity contribution in [2.24, 2.45) is 5.16 Å². The zero-order chi connectivity index (χ0) is 11.9. The zero-order valence-electron chi connectivity index (χ0n) is 10.4. The van der Waals surface area contributed by atoms with Crippen LogP contribution in [0.15, 0.2) is 41.1 Å². The second kappa shape index (κ2) is 6.24. The van der Waals surface area contributed by atoms with E-state index in [1.165, 1.54) is 30.4 Å². The van der Waals surface area contributed by atoms with Gasteiger partial charge in [0.15, 0.2) is 0 Å². The van der Waals surface area contributed by atoms with E-state index in [0.717, 1.165) is 12.0 Å². The summed E-state index contributed by atoms with van der Waals surface area (Å²) in [5.41, 5.74) is 3.73. The average molecular weight is 229 g/mol. The molecule has 0 saturated carbocycles. The summed E-state index contributed by atoms with van der Waals surface area (Å²) in [6.45, 7) is 2.63. The van der Waals surface area contributed by atoms with Gasteiger partial charge in [-0.3, -0.25) is 0 Å². The van der Waals surface area contributed by atoms with Crippen LogP contribution in [0.1, 0.15) is 36.8 Å². The number of benzene rings is 1. The maximum absolute atomic E-state index is 5.29. The van der Waals surface area contributed by atoms with Gasteiger partial charge in [0.05, 0.1) is 6.21 Å². The van der Waals surface area contributed by atoms with Crippen LogP contribution in [0.5, 0.6) is 0 Å². The minimum absolute atomic E-state index is 0.546. The van der Waals surface area contributed by atoms with Gasteiger partial charge in [0.1, 0.15) is 6.61 Å². The summed E-state index contributed by atoms with van der Waals surface area (Å²) in [5, 5.41) is 4.02. The van der Waals surface area contributed by atoms with Gasteiger partial charge in [0.25, 0.3) is 0 Å². The van der Waals surface area contributed by atoms with E-state index in [4.69, 9.17) is 4.84 Å². The third kappa shape index (κ3) is 4.06. The van der Waals surface area contributed by atoms with Gasteiger partial charge in [0.2, 0.25) is 0 Å². The first kappa shape index (κ1) is 11.9. The molecular weight excluding hydrogens is 210 g/mol. The van der Waals surface area contributed by atoms with Crippen LogP contribution in [0, 0.1) is 6.92 Å². The smallest absolute Gasteiger partial charge is 0.142 e. The third-order valence-corrected chi connectivity index (χ3v) is 2.97. The first-order valence-corrected chi connectivity index (χ1v) is 6.24. The average Bonchev–Trinajstić information content (AvgIpc) is 2.38. The van der Waals surface area contributed by atoms with Crippen molar-refractivity contribution >= 4 is 6.21 Å². The highest BCUT2D eigenvalue weighted by Crippen LogP contribution is 2.15. The van der Waals surface area contributed by atoms with Crippen molar-refractivity contribution in [3.8, 4) is 0 Å². The molecule has 2 rings (SSSR count). The van der Waals surface area contributed by atoms with Gasteiger partial charge in [-0.15, -0.1) is 0 Å². The molecule has 2 nitrogen and oxygen atoms in total. The molecule has 1 aliphatic carbocycles. The number of hydrogen-bond acceptors (Lipinski definition) is 2. The molecule has 0 amide bonds. The van der Waals surface area contributed by atoms with E-state index >= 15 is 0 Å². The molecule has 0 heterocycles. The van der Waals surface area contributed by atoms with Crippen LogP contribution in [-0.2, 0) is 11.4 Å². The monoisotopic (exact) mass is 229 g/mol. The lowest BCUT2D eigenvalue weighted by Gasteiger charge is -2.07. The fourth-order valence-corrected chi connectivity index (χ4v) is 1.88. The summed E-state index contributed by atoms with van der Waals surface area (Å²) in [6, 6.07) is 8.33. The first-order valence-electron chi connectivity index (χ1n) is 6.24. The Balaban J connectivity index is 1.77. The van der Waals surface area contributed by atoms with Crippen LogP contribution in [-0.4, -0.2) is 6.21 Å². The molecule has 90 valence electrons. The van der Waals surface area contributed by atoms with Crippen LogP contribution in [0.4, 0.5) is 0 Å². The molecule has 0 aromatic heterocycles. The Bertz CT molecular complexity index is 403. The second-order valence-corrected chi connectivity index (χ2v) is 4.52. The van der Waals surface area contributed by atoms with Crippen LogP contribution in [0.2, 0.25) is 0 Å². The number of oxime groups is 1. The van der Waals surface area contributed by atoms with Gasteiger partial charge < -0.3 is 4.84 Å². The van der Waals surface area contributed by atoms with E-state index in [1.807, 2.05) is 6.21 Å². The predicted octanol–water partition coefficient (Wildman–Crippen LogP) is 4.00. The summed E-state index contributed by atoms with van der Waals surface area (Å²) in [4.78, 5) is 5.29. The Morgan fingerprint density at radius 3 is 2.76 bits per heavy atom. The summed E-state index contributed by atoms with van der Waals surface area (Å²) in [7, 11) is 0. The highest BCUT2D eigenvalue weighted by atomic mass is 16.6. The van der Waals surface area contributed by atoms with Crippen molar-refractivity contribution in [2.45, 2.75) is 39.2 Å². The van der Waals surface area contributed by atoms with E-state index in [9.17, 15) is 0 Å². The quantitative estimate of drug-likeness (QED) is 0.565. The number of hydrogen-bond donors (Lipinski definition) is 0. The normalized spacial score (nSPS) is 15.9. The fourth-order valence-electron chi connectivity index (χ4n) is 1.88. The molecule has 0 N–H and O–H groups in total. The van der Waals surface area contributed by atoms with E-state index in [1.54, 1.807) is 0 Å². The minimum Gasteiger partial charge on any atom is -0.391 e. The lowest BCUT2D eigenvalue weighted by molar-refractivity contribution is 0.132. The predicted molar refractivity (Wildman–Crippen MR) is 71.0 cm³/mol. The van der Waals surface area contributed by atoms with Gasteiger partial charge >= 0.3 is 0 Å². The Kier molecular flexibility index (Phi) is 4.37. The van der Waals surface area contributed by atoms with Gasteiger partial charge in [-0.2, -0.15) is 0 Å². The first-order chi connectivity index (χ1) is 8.34. The molecule has 0 spiro atoms. The SMILES string of the molecule is Cc1ccc(CON=CC2=CCCCC2)cc1. The molecular formula is C15H19NO. The molecule has 1 aromatic carbocycles. The molecule has 0 atom stereocenters. The van der Waals surface area contributed by atoms with Crippen LogP contribution in [0.3, 0.4) is 0 Å². The Hall–Kier alpha value is -1.57. The lowest BCUT2D eigenvalue weighted by atomic mass is 10.0. The van der Waals surface area contributed by atoms with Crippen molar-refractivity contribution in [2.75, 3.05) is 0 Å². The molecule has 2 heteroatoms. The van der Waals surface area contributed by atoms with Crippen molar-refractivity contribution in [3.05, 3.63) is 47.0 Å². The molecule has 0 bridgehead atoms.